The Kier molecular flexibility index (Phi) is 2.50. The third kappa shape index (κ3) is 2.03. The number of fused-ring (bicyclic) bond motifs is 1. The van der Waals surface area contributed by atoms with Crippen molar-refractivity contribution in [3.05, 3.63) is 0 Å². The van der Waals surface area contributed by atoms with Crippen LogP contribution in [0.1, 0.15) is 12.8 Å². The van der Waals surface area contributed by atoms with Crippen LogP contribution in [-0.2, 0) is 0 Å². The van der Waals surface area contributed by atoms with E-state index in [1.54, 1.807) is 0 Å². The number of nitrogens with two attached hydrogens (primary N) is 1. The summed E-state index contributed by atoms with van der Waals surface area (Å²) < 4.78 is 37.3. The van der Waals surface area contributed by atoms with Gasteiger partial charge in [0.1, 0.15) is 0 Å². The van der Waals surface area contributed by atoms with Crippen molar-refractivity contribution in [3.8, 4) is 0 Å². The van der Waals surface area contributed by atoms with Gasteiger partial charge in [-0.25, -0.2) is 0 Å². The molecule has 0 aromatic carbocycles. The molecule has 3 aliphatic rings. The summed E-state index contributed by atoms with van der Waals surface area (Å²) in [6.07, 6.45) is -1.37. The summed E-state index contributed by atoms with van der Waals surface area (Å²) in [5.41, 5.74) is 6.34. The third-order valence-electron chi connectivity index (χ3n) is 2.69. The first kappa shape index (κ1) is 12.0. The molecule has 0 bridgehead atoms. The second-order valence-corrected chi connectivity index (χ2v) is 8.19. The van der Waals surface area contributed by atoms with Gasteiger partial charge in [0.05, 0.1) is 0 Å². The van der Waals surface area contributed by atoms with Crippen molar-refractivity contribution in [2.45, 2.75) is 28.2 Å². The van der Waals surface area contributed by atoms with Crippen molar-refractivity contribution in [3.63, 3.8) is 0 Å². The maximum absolute atomic E-state index is 12.7. The van der Waals surface area contributed by atoms with Crippen LogP contribution in [0.25, 0.3) is 0 Å². The summed E-state index contributed by atoms with van der Waals surface area (Å²) in [6.45, 7) is 0. The number of rotatable bonds is 2. The second kappa shape index (κ2) is 3.74. The molecule has 2 heterocycles. The molecular formula is C9H9AsF3N5. The molecule has 0 spiro atoms. The van der Waals surface area contributed by atoms with Crippen LogP contribution in [0.5, 0.6) is 0 Å². The molecule has 0 radical (unpaired) electrons. The zero-order valence-electron chi connectivity index (χ0n) is 9.07. The van der Waals surface area contributed by atoms with E-state index in [0.29, 0.717) is 10.4 Å². The molecule has 1 aliphatic carbocycles. The molecule has 5 nitrogen and oxygen atoms in total. The van der Waals surface area contributed by atoms with Gasteiger partial charge in [0, 0.05) is 0 Å². The Bertz CT molecular complexity index is 517. The van der Waals surface area contributed by atoms with Crippen molar-refractivity contribution in [2.24, 2.45) is 25.7 Å². The molecule has 2 N–H and O–H groups in total. The van der Waals surface area contributed by atoms with Crippen LogP contribution in [-0.4, -0.2) is 50.1 Å². The molecule has 2 unspecified atom stereocenters. The summed E-state index contributed by atoms with van der Waals surface area (Å²) in [4.78, 5) is 14.7. The van der Waals surface area contributed by atoms with Crippen molar-refractivity contribution < 1.29 is 13.2 Å². The molecule has 1 saturated carbocycles. The molecule has 1 fully saturated rings. The third-order valence-corrected chi connectivity index (χ3v) is 6.41. The average molecular weight is 319 g/mol. The van der Waals surface area contributed by atoms with Crippen molar-refractivity contribution in [1.29, 1.82) is 0 Å². The Hall–Kier alpha value is -1.01. The fraction of sp³-hybridized carbons (Fsp3) is 0.556. The first-order valence-corrected chi connectivity index (χ1v) is 7.58. The monoisotopic (exact) mass is 319 g/mol. The van der Waals surface area contributed by atoms with Gasteiger partial charge in [0.2, 0.25) is 0 Å². The van der Waals surface area contributed by atoms with Gasteiger partial charge in [0.25, 0.3) is 0 Å². The number of nitrogens with zero attached hydrogens (tertiary/aromatic N) is 4. The number of aliphatic imine (C=N–C) groups is 4. The Morgan fingerprint density at radius 2 is 2.11 bits per heavy atom. The molecule has 3 rings (SSSR count). The fourth-order valence-corrected chi connectivity index (χ4v) is 5.00. The van der Waals surface area contributed by atoms with Gasteiger partial charge < -0.3 is 0 Å². The van der Waals surface area contributed by atoms with E-state index in [2.05, 4.69) is 20.0 Å². The maximum atomic E-state index is 12.7. The van der Waals surface area contributed by atoms with E-state index in [9.17, 15) is 13.2 Å². The van der Waals surface area contributed by atoms with Gasteiger partial charge in [-0.05, 0) is 0 Å². The van der Waals surface area contributed by atoms with Gasteiger partial charge in [-0.1, -0.05) is 0 Å². The van der Waals surface area contributed by atoms with E-state index in [0.717, 1.165) is 12.8 Å². The van der Waals surface area contributed by atoms with E-state index in [1.807, 2.05) is 0 Å². The predicted octanol–water partition coefficient (Wildman–Crippen LogP) is 0.473. The summed E-state index contributed by atoms with van der Waals surface area (Å²) in [7, 11) is 0. The van der Waals surface area contributed by atoms with E-state index in [1.165, 1.54) is 6.34 Å². The Balaban J connectivity index is 2.01. The Labute approximate surface area is 107 Å². The Morgan fingerprint density at radius 1 is 1.39 bits per heavy atom. The Morgan fingerprint density at radius 3 is 2.72 bits per heavy atom. The van der Waals surface area contributed by atoms with Crippen molar-refractivity contribution in [1.82, 2.24) is 0 Å². The molecule has 0 saturated heterocycles. The van der Waals surface area contributed by atoms with Crippen molar-refractivity contribution in [2.75, 3.05) is 0 Å². The van der Waals surface area contributed by atoms with E-state index >= 15 is 0 Å². The molecule has 2 aliphatic heterocycles. The van der Waals surface area contributed by atoms with E-state index < -0.39 is 32.2 Å². The average Bonchev–Trinajstić information content (AvgIpc) is 2.92. The molecule has 0 amide bonds. The topological polar surface area (TPSA) is 75.5 Å². The van der Waals surface area contributed by atoms with E-state index in [4.69, 9.17) is 5.73 Å². The van der Waals surface area contributed by atoms with E-state index in [-0.39, 0.29) is 5.84 Å². The van der Waals surface area contributed by atoms with Crippen LogP contribution in [0.4, 0.5) is 13.2 Å². The molecule has 96 valence electrons. The van der Waals surface area contributed by atoms with Crippen molar-refractivity contribution >= 4 is 39.5 Å². The summed E-state index contributed by atoms with van der Waals surface area (Å²) in [5.74, 6) is -1.23. The first-order valence-electron chi connectivity index (χ1n) is 5.32. The normalized spacial score (nSPS) is 31.4. The van der Waals surface area contributed by atoms with Crippen LogP contribution in [0.2, 0.25) is 4.71 Å². The molecule has 9 heteroatoms. The second-order valence-electron chi connectivity index (χ2n) is 4.28. The minimum absolute atomic E-state index is 0.0378. The van der Waals surface area contributed by atoms with Gasteiger partial charge in [-0.3, -0.25) is 0 Å². The molecular weight excluding hydrogens is 310 g/mol. The standard InChI is InChI=1S/C9H9AsF3N5/c11-9(12,13)7-17-6-5(15-3-16-6)8(14,18-7)10-4-1-2-4/h3-4,10H,1-2,14H2. The fourth-order valence-electron chi connectivity index (χ4n) is 1.72. The van der Waals surface area contributed by atoms with Crippen LogP contribution in [0.15, 0.2) is 20.0 Å². The van der Waals surface area contributed by atoms with Crippen LogP contribution in [0, 0.1) is 0 Å². The quantitative estimate of drug-likeness (QED) is 0.738. The van der Waals surface area contributed by atoms with Crippen LogP contribution < -0.4 is 5.73 Å². The predicted molar refractivity (Wildman–Crippen MR) is 63.9 cm³/mol. The van der Waals surface area contributed by atoms with Gasteiger partial charge in [0.15, 0.2) is 0 Å². The number of amidine groups is 2. The van der Waals surface area contributed by atoms with Gasteiger partial charge >= 0.3 is 107 Å². The zero-order chi connectivity index (χ0) is 13.0. The summed E-state index contributed by atoms with van der Waals surface area (Å²) >= 11 is -0.888. The van der Waals surface area contributed by atoms with Crippen LogP contribution in [0.3, 0.4) is 0 Å². The molecule has 2 atom stereocenters. The molecule has 0 aromatic heterocycles. The first-order chi connectivity index (χ1) is 8.38. The summed E-state index contributed by atoms with van der Waals surface area (Å²) in [6, 6.07) is 0. The molecule has 18 heavy (non-hydrogen) atoms. The van der Waals surface area contributed by atoms with Gasteiger partial charge in [-0.2, -0.15) is 0 Å². The minimum atomic E-state index is -4.60. The number of alkyl halides is 3. The molecule has 0 aromatic rings. The SMILES string of the molecule is NC1([AsH]C2CC2)N=C(C(F)(F)F)N=C2N=CN=C21. The van der Waals surface area contributed by atoms with Gasteiger partial charge in [-0.15, -0.1) is 0 Å². The zero-order valence-corrected chi connectivity index (χ0v) is 11.2. The number of halogens is 3. The van der Waals surface area contributed by atoms with Crippen LogP contribution >= 0.6 is 0 Å². The summed E-state index contributed by atoms with van der Waals surface area (Å²) in [5, 5.41) is 0. The number of hydrogen-bond donors (Lipinski definition) is 1. The number of hydrogen-bond acceptors (Lipinski definition) is 5.